The second-order valence-corrected chi connectivity index (χ2v) is 8.32. The number of aliphatic hydroxyl groups excluding tert-OH is 1. The Morgan fingerprint density at radius 2 is 2.00 bits per heavy atom. The van der Waals surface area contributed by atoms with E-state index in [0.29, 0.717) is 5.92 Å². The van der Waals surface area contributed by atoms with Crippen LogP contribution in [0.1, 0.15) is 30.2 Å². The van der Waals surface area contributed by atoms with Crippen molar-refractivity contribution in [2.75, 3.05) is 0 Å². The molecule has 0 saturated heterocycles. The highest BCUT2D eigenvalue weighted by Crippen LogP contribution is 2.72. The fourth-order valence-electron chi connectivity index (χ4n) is 4.51. The van der Waals surface area contributed by atoms with Crippen LogP contribution >= 0.6 is 38.9 Å². The second-order valence-electron chi connectivity index (χ2n) is 5.78. The van der Waals surface area contributed by atoms with Crippen molar-refractivity contribution in [3.05, 3.63) is 19.8 Å². The molecular weight excluding hydrogens is 320 g/mol. The van der Waals surface area contributed by atoms with E-state index in [-0.39, 0.29) is 6.10 Å². The molecule has 0 aromatic carbocycles. The molecule has 1 aromatic rings. The van der Waals surface area contributed by atoms with E-state index in [1.165, 1.54) is 30.6 Å². The quantitative estimate of drug-likeness (QED) is 0.845. The summed E-state index contributed by atoms with van der Waals surface area (Å²) in [6.45, 7) is 0. The summed E-state index contributed by atoms with van der Waals surface area (Å²) in [6, 6.07) is 1.99. The van der Waals surface area contributed by atoms with Crippen molar-refractivity contribution in [1.82, 2.24) is 0 Å². The molecule has 3 aliphatic rings. The monoisotopic (exact) mass is 332 g/mol. The molecule has 2 bridgehead atoms. The van der Waals surface area contributed by atoms with Gasteiger partial charge in [-0.05, 0) is 70.8 Å². The van der Waals surface area contributed by atoms with Crippen molar-refractivity contribution in [3.8, 4) is 0 Å². The van der Waals surface area contributed by atoms with E-state index in [4.69, 9.17) is 11.6 Å². The van der Waals surface area contributed by atoms with Gasteiger partial charge in [-0.15, -0.1) is 11.3 Å². The molecule has 92 valence electrons. The minimum atomic E-state index is -0.276. The van der Waals surface area contributed by atoms with Gasteiger partial charge < -0.3 is 5.11 Å². The molecule has 3 aliphatic carbocycles. The van der Waals surface area contributed by atoms with Gasteiger partial charge in [-0.1, -0.05) is 11.6 Å². The minimum Gasteiger partial charge on any atom is -0.387 e. The number of halogens is 2. The third-order valence-corrected chi connectivity index (χ3v) is 7.66. The first-order valence-electron chi connectivity index (χ1n) is 6.29. The Bertz CT molecular complexity index is 438. The third kappa shape index (κ3) is 1.52. The lowest BCUT2D eigenvalue weighted by Crippen LogP contribution is -2.06. The maximum Gasteiger partial charge on any atom is 0.107 e. The molecular formula is C13H14BrClOS. The highest BCUT2D eigenvalue weighted by molar-refractivity contribution is 9.10. The third-order valence-electron chi connectivity index (χ3n) is 5.12. The molecule has 5 unspecified atom stereocenters. The predicted octanol–water partition coefficient (Wildman–Crippen LogP) is 4.49. The van der Waals surface area contributed by atoms with Gasteiger partial charge in [-0.3, -0.25) is 0 Å². The molecule has 0 amide bonds. The summed E-state index contributed by atoms with van der Waals surface area (Å²) in [4.78, 5) is 1.04. The summed E-state index contributed by atoms with van der Waals surface area (Å²) in [5.74, 6) is 4.02. The van der Waals surface area contributed by atoms with Crippen LogP contribution in [-0.2, 0) is 0 Å². The van der Waals surface area contributed by atoms with Crippen LogP contribution in [0.3, 0.4) is 0 Å². The minimum absolute atomic E-state index is 0.276. The Morgan fingerprint density at radius 1 is 1.35 bits per heavy atom. The molecule has 0 aliphatic heterocycles. The Balaban J connectivity index is 1.57. The molecule has 1 aromatic heterocycles. The van der Waals surface area contributed by atoms with Crippen LogP contribution in [0.2, 0.25) is 4.34 Å². The first-order valence-corrected chi connectivity index (χ1v) is 8.28. The van der Waals surface area contributed by atoms with Gasteiger partial charge in [0, 0.05) is 9.35 Å². The summed E-state index contributed by atoms with van der Waals surface area (Å²) in [7, 11) is 0. The van der Waals surface area contributed by atoms with Crippen molar-refractivity contribution in [3.63, 3.8) is 0 Å². The van der Waals surface area contributed by atoms with Crippen LogP contribution in [0.5, 0.6) is 0 Å². The lowest BCUT2D eigenvalue weighted by Gasteiger charge is -2.13. The van der Waals surface area contributed by atoms with Gasteiger partial charge in [-0.2, -0.15) is 0 Å². The number of rotatable bonds is 2. The summed E-state index contributed by atoms with van der Waals surface area (Å²) in [6.07, 6.45) is 3.98. The average molecular weight is 334 g/mol. The predicted molar refractivity (Wildman–Crippen MR) is 73.3 cm³/mol. The highest BCUT2D eigenvalue weighted by Gasteiger charge is 2.66. The molecule has 1 N–H and O–H groups in total. The largest absolute Gasteiger partial charge is 0.387 e. The Hall–Kier alpha value is 0.430. The van der Waals surface area contributed by atoms with E-state index in [0.717, 1.165) is 37.4 Å². The Labute approximate surface area is 118 Å². The zero-order valence-electron chi connectivity index (χ0n) is 9.27. The van der Waals surface area contributed by atoms with Crippen molar-refractivity contribution < 1.29 is 5.11 Å². The molecule has 3 fully saturated rings. The summed E-state index contributed by atoms with van der Waals surface area (Å²) in [5, 5.41) is 10.5. The van der Waals surface area contributed by atoms with Crippen molar-refractivity contribution >= 4 is 38.9 Å². The van der Waals surface area contributed by atoms with Crippen LogP contribution in [-0.4, -0.2) is 5.11 Å². The molecule has 4 rings (SSSR count). The van der Waals surface area contributed by atoms with E-state index in [1.807, 2.05) is 6.07 Å². The number of hydrogen-bond donors (Lipinski definition) is 1. The molecule has 17 heavy (non-hydrogen) atoms. The highest BCUT2D eigenvalue weighted by atomic mass is 79.9. The van der Waals surface area contributed by atoms with Crippen LogP contribution in [0, 0.1) is 29.6 Å². The molecule has 0 radical (unpaired) electrons. The van der Waals surface area contributed by atoms with Gasteiger partial charge >= 0.3 is 0 Å². The summed E-state index contributed by atoms with van der Waals surface area (Å²) in [5.41, 5.74) is 0. The van der Waals surface area contributed by atoms with E-state index in [9.17, 15) is 5.11 Å². The standard InChI is InChI=1S/C13H14BrClOS/c14-7-4-8(17-13(7)15)12(16)11-9-5-1-2-6(3-5)10(9)11/h4-6,9-12,16H,1-3H2. The first-order chi connectivity index (χ1) is 8.16. The molecule has 3 saturated carbocycles. The van der Waals surface area contributed by atoms with E-state index in [2.05, 4.69) is 15.9 Å². The van der Waals surface area contributed by atoms with Crippen molar-refractivity contribution in [1.29, 1.82) is 0 Å². The number of hydrogen-bond acceptors (Lipinski definition) is 2. The zero-order chi connectivity index (χ0) is 11.7. The van der Waals surface area contributed by atoms with E-state index in [1.54, 1.807) is 0 Å². The Morgan fingerprint density at radius 3 is 2.53 bits per heavy atom. The lowest BCUT2D eigenvalue weighted by atomic mass is 9.98. The molecule has 4 heteroatoms. The summed E-state index contributed by atoms with van der Waals surface area (Å²) >= 11 is 11.0. The van der Waals surface area contributed by atoms with Gasteiger partial charge in [0.2, 0.25) is 0 Å². The Kier molecular flexibility index (Phi) is 2.47. The second kappa shape index (κ2) is 3.72. The van der Waals surface area contributed by atoms with Crippen LogP contribution in [0.25, 0.3) is 0 Å². The smallest absolute Gasteiger partial charge is 0.107 e. The number of thiophene rings is 1. The summed E-state index contributed by atoms with van der Waals surface area (Å²) < 4.78 is 1.68. The lowest BCUT2D eigenvalue weighted by molar-refractivity contribution is 0.133. The fraction of sp³-hybridized carbons (Fsp3) is 0.692. The fourth-order valence-corrected chi connectivity index (χ4v) is 6.29. The molecule has 1 heterocycles. The van der Waals surface area contributed by atoms with Crippen molar-refractivity contribution in [2.45, 2.75) is 25.4 Å². The van der Waals surface area contributed by atoms with Gasteiger partial charge in [-0.25, -0.2) is 0 Å². The van der Waals surface area contributed by atoms with Crippen LogP contribution < -0.4 is 0 Å². The van der Waals surface area contributed by atoms with Crippen LogP contribution in [0.15, 0.2) is 10.5 Å². The number of aliphatic hydroxyl groups is 1. The maximum atomic E-state index is 10.5. The average Bonchev–Trinajstić information content (AvgIpc) is 2.60. The van der Waals surface area contributed by atoms with E-state index < -0.39 is 0 Å². The van der Waals surface area contributed by atoms with Gasteiger partial charge in [0.15, 0.2) is 0 Å². The van der Waals surface area contributed by atoms with Gasteiger partial charge in [0.25, 0.3) is 0 Å². The maximum absolute atomic E-state index is 10.5. The molecule has 5 atom stereocenters. The molecule has 0 spiro atoms. The zero-order valence-corrected chi connectivity index (χ0v) is 12.4. The molecule has 1 nitrogen and oxygen atoms in total. The van der Waals surface area contributed by atoms with E-state index >= 15 is 0 Å². The number of fused-ring (bicyclic) bond motifs is 5. The van der Waals surface area contributed by atoms with Gasteiger partial charge in [0.1, 0.15) is 4.34 Å². The normalized spacial score (nSPS) is 43.8. The van der Waals surface area contributed by atoms with Crippen molar-refractivity contribution in [2.24, 2.45) is 29.6 Å². The van der Waals surface area contributed by atoms with Crippen LogP contribution in [0.4, 0.5) is 0 Å². The topological polar surface area (TPSA) is 20.2 Å². The van der Waals surface area contributed by atoms with Gasteiger partial charge in [0.05, 0.1) is 6.10 Å². The first kappa shape index (κ1) is 11.3. The SMILES string of the molecule is OC(c1cc(Br)c(Cl)s1)C1C2C3CCC(C3)C21.